The van der Waals surface area contributed by atoms with E-state index >= 15 is 0 Å². The maximum Gasteiger partial charge on any atom is 0.395 e. The Balaban J connectivity index is 2.13. The van der Waals surface area contributed by atoms with E-state index in [4.69, 9.17) is 9.16 Å². The predicted octanol–water partition coefficient (Wildman–Crippen LogP) is 2.99. The minimum Gasteiger partial charge on any atom is -0.438 e. The molecule has 0 saturated heterocycles. The summed E-state index contributed by atoms with van der Waals surface area (Å²) in [4.78, 5) is 0. The molecule has 0 bridgehead atoms. The van der Waals surface area contributed by atoms with Gasteiger partial charge < -0.3 is 4.74 Å². The van der Waals surface area contributed by atoms with Crippen LogP contribution >= 0.6 is 0 Å². The number of benzene rings is 1. The minimum absolute atomic E-state index is 0.401. The predicted molar refractivity (Wildman–Crippen MR) is 57.9 cm³/mol. The molecule has 1 aliphatic heterocycles. The van der Waals surface area contributed by atoms with E-state index in [0.29, 0.717) is 5.92 Å². The van der Waals surface area contributed by atoms with Gasteiger partial charge in [-0.2, -0.15) is 4.42 Å². The molecule has 0 aromatic heterocycles. The number of rotatable bonds is 0. The van der Waals surface area contributed by atoms with Crippen LogP contribution in [-0.4, -0.2) is 5.78 Å². The van der Waals surface area contributed by atoms with Crippen LogP contribution in [0.3, 0.4) is 0 Å². The van der Waals surface area contributed by atoms with Gasteiger partial charge in [0.25, 0.3) is 0 Å². The van der Waals surface area contributed by atoms with E-state index in [1.165, 1.54) is 0 Å². The first-order valence-electron chi connectivity index (χ1n) is 5.05. The quantitative estimate of drug-likeness (QED) is 0.588. The average molecular weight is 199 g/mol. The van der Waals surface area contributed by atoms with Crippen molar-refractivity contribution < 1.29 is 9.16 Å². The van der Waals surface area contributed by atoms with Gasteiger partial charge in [-0.3, -0.25) is 0 Å². The summed E-state index contributed by atoms with van der Waals surface area (Å²) in [5, 5.41) is 0. The fourth-order valence-corrected chi connectivity index (χ4v) is 1.72. The number of hydrogen-bond acceptors (Lipinski definition) is 1. The molecule has 1 heterocycles. The zero-order valence-electron chi connectivity index (χ0n) is 8.44. The van der Waals surface area contributed by atoms with E-state index in [0.717, 1.165) is 23.0 Å². The monoisotopic (exact) mass is 199 g/mol. The van der Waals surface area contributed by atoms with Crippen LogP contribution in [-0.2, 0) is 4.42 Å². The van der Waals surface area contributed by atoms with Gasteiger partial charge in [0.05, 0.1) is 0 Å². The third kappa shape index (κ3) is 1.38. The summed E-state index contributed by atoms with van der Waals surface area (Å²) >= 11 is 0. The van der Waals surface area contributed by atoms with Gasteiger partial charge in [0.15, 0.2) is 0 Å². The number of hydrogen-bond donors (Lipinski definition) is 0. The Kier molecular flexibility index (Phi) is 1.75. The Morgan fingerprint density at radius 1 is 1.27 bits per heavy atom. The first-order valence-corrected chi connectivity index (χ1v) is 5.05. The van der Waals surface area contributed by atoms with Gasteiger partial charge in [0.2, 0.25) is 11.5 Å². The van der Waals surface area contributed by atoms with Crippen LogP contribution in [0.2, 0.25) is 0 Å². The standard InChI is InChI=1S/C13H11O2/c1-9-6-7-12-13(8-9)15-11-5-3-2-4-10(11)14-12/h2-9H,1H3/q+1. The number of fused-ring (bicyclic) bond motifs is 2. The average Bonchev–Trinajstić information content (AvgIpc) is 2.26. The smallest absolute Gasteiger partial charge is 0.395 e. The maximum atomic E-state index is 5.75. The van der Waals surface area contributed by atoms with Gasteiger partial charge in [0, 0.05) is 12.1 Å². The van der Waals surface area contributed by atoms with Crippen molar-refractivity contribution in [2.45, 2.75) is 6.92 Å². The second kappa shape index (κ2) is 3.09. The number of ketones is 1. The zero-order valence-corrected chi connectivity index (χ0v) is 8.44. The van der Waals surface area contributed by atoms with Gasteiger partial charge in [0.1, 0.15) is 0 Å². The van der Waals surface area contributed by atoms with E-state index in [-0.39, 0.29) is 0 Å². The second-order valence-electron chi connectivity index (χ2n) is 3.76. The lowest BCUT2D eigenvalue weighted by atomic mass is 10.0. The van der Waals surface area contributed by atoms with Crippen LogP contribution in [0.4, 0.5) is 0 Å². The summed E-state index contributed by atoms with van der Waals surface area (Å²) in [6.45, 7) is 2.12. The Morgan fingerprint density at radius 3 is 3.07 bits per heavy atom. The number of carbonyl (C=O) groups excluding carboxylic acids is 1. The lowest BCUT2D eigenvalue weighted by Gasteiger charge is -2.12. The Morgan fingerprint density at radius 2 is 2.13 bits per heavy atom. The molecular formula is C13H11O2+. The van der Waals surface area contributed by atoms with E-state index in [9.17, 15) is 0 Å². The molecule has 1 aromatic carbocycles. The fourth-order valence-electron chi connectivity index (χ4n) is 1.72. The molecule has 0 amide bonds. The summed E-state index contributed by atoms with van der Waals surface area (Å²) in [5.41, 5.74) is 0. The van der Waals surface area contributed by atoms with E-state index in [1.54, 1.807) is 0 Å². The molecule has 2 heteroatoms. The van der Waals surface area contributed by atoms with E-state index < -0.39 is 0 Å². The molecule has 1 unspecified atom stereocenters. The maximum absolute atomic E-state index is 5.75. The van der Waals surface area contributed by atoms with Crippen LogP contribution in [0.1, 0.15) is 6.92 Å². The molecule has 0 saturated carbocycles. The summed E-state index contributed by atoms with van der Waals surface area (Å²) in [7, 11) is 0. The Bertz CT molecular complexity index is 495. The van der Waals surface area contributed by atoms with Crippen molar-refractivity contribution in [3.63, 3.8) is 0 Å². The Labute approximate surface area is 88.2 Å². The molecule has 74 valence electrons. The van der Waals surface area contributed by atoms with Gasteiger partial charge in [-0.05, 0) is 18.1 Å². The molecule has 1 aromatic rings. The normalized spacial score (nSPS) is 22.1. The molecule has 0 fully saturated rings. The van der Waals surface area contributed by atoms with Crippen molar-refractivity contribution in [1.29, 1.82) is 0 Å². The SMILES string of the molecule is CC1C=CC2=[O+]c3ccccc3OC2=C1. The van der Waals surface area contributed by atoms with Crippen molar-refractivity contribution in [2.24, 2.45) is 5.92 Å². The summed E-state index contributed by atoms with van der Waals surface area (Å²) in [6.07, 6.45) is 6.12. The molecule has 1 aliphatic carbocycles. The summed E-state index contributed by atoms with van der Waals surface area (Å²) in [6, 6.07) is 7.70. The largest absolute Gasteiger partial charge is 0.438 e. The minimum atomic E-state index is 0.401. The van der Waals surface area contributed by atoms with Crippen molar-refractivity contribution >= 4 is 5.78 Å². The van der Waals surface area contributed by atoms with Crippen molar-refractivity contribution in [1.82, 2.24) is 0 Å². The van der Waals surface area contributed by atoms with Crippen LogP contribution in [0.5, 0.6) is 11.5 Å². The van der Waals surface area contributed by atoms with E-state index in [2.05, 4.69) is 19.1 Å². The molecule has 3 rings (SSSR count). The van der Waals surface area contributed by atoms with Crippen molar-refractivity contribution in [2.75, 3.05) is 0 Å². The van der Waals surface area contributed by atoms with Crippen LogP contribution in [0.25, 0.3) is 0 Å². The zero-order chi connectivity index (χ0) is 10.3. The lowest BCUT2D eigenvalue weighted by molar-refractivity contribution is -0.370. The number of allylic oxidation sites excluding steroid dienone is 3. The molecular weight excluding hydrogens is 188 g/mol. The van der Waals surface area contributed by atoms with Crippen molar-refractivity contribution in [3.8, 4) is 11.5 Å². The van der Waals surface area contributed by atoms with Crippen LogP contribution in [0.15, 0.2) is 48.3 Å². The highest BCUT2D eigenvalue weighted by Crippen LogP contribution is 2.34. The number of para-hydroxylation sites is 2. The fraction of sp³-hybridized carbons (Fsp3) is 0.154. The summed E-state index contributed by atoms with van der Waals surface area (Å²) in [5.74, 6) is 3.59. The first kappa shape index (κ1) is 8.48. The van der Waals surface area contributed by atoms with E-state index in [1.807, 2.05) is 30.3 Å². The van der Waals surface area contributed by atoms with Crippen LogP contribution in [0, 0.1) is 5.92 Å². The number of ether oxygens (including phenoxy) is 1. The van der Waals surface area contributed by atoms with Crippen LogP contribution < -0.4 is 4.74 Å². The topological polar surface area (TPSA) is 20.5 Å². The third-order valence-corrected chi connectivity index (χ3v) is 2.50. The summed E-state index contributed by atoms with van der Waals surface area (Å²) < 4.78 is 11.5. The molecule has 2 nitrogen and oxygen atoms in total. The highest BCUT2D eigenvalue weighted by atomic mass is 16.5. The molecule has 0 N–H and O–H groups in total. The van der Waals surface area contributed by atoms with Gasteiger partial charge >= 0.3 is 11.5 Å². The Hall–Kier alpha value is -1.83. The molecule has 0 radical (unpaired) electrons. The van der Waals surface area contributed by atoms with Gasteiger partial charge in [-0.15, -0.1) is 0 Å². The molecule has 0 spiro atoms. The highest BCUT2D eigenvalue weighted by Gasteiger charge is 2.31. The highest BCUT2D eigenvalue weighted by molar-refractivity contribution is 6.04. The van der Waals surface area contributed by atoms with Crippen molar-refractivity contribution in [3.05, 3.63) is 48.3 Å². The first-order chi connectivity index (χ1) is 7.33. The molecule has 1 atom stereocenters. The molecule has 15 heavy (non-hydrogen) atoms. The molecule has 2 aliphatic rings. The van der Waals surface area contributed by atoms with Gasteiger partial charge in [-0.25, -0.2) is 0 Å². The van der Waals surface area contributed by atoms with Gasteiger partial charge in [-0.1, -0.05) is 25.1 Å². The third-order valence-electron chi connectivity index (χ3n) is 2.50. The lowest BCUT2D eigenvalue weighted by Crippen LogP contribution is -2.16. The second-order valence-corrected chi connectivity index (χ2v) is 3.76.